The lowest BCUT2D eigenvalue weighted by Crippen LogP contribution is -2.50. The van der Waals surface area contributed by atoms with Crippen LogP contribution in [-0.4, -0.2) is 61.0 Å². The number of amides is 3. The fourth-order valence-corrected chi connectivity index (χ4v) is 7.14. The Bertz CT molecular complexity index is 2250. The van der Waals surface area contributed by atoms with Crippen molar-refractivity contribution in [2.24, 2.45) is 0 Å². The Balaban J connectivity index is 1.42. The van der Waals surface area contributed by atoms with Crippen LogP contribution in [0.1, 0.15) is 76.0 Å². The molecule has 0 spiro atoms. The molecule has 2 heterocycles. The number of hydrogen-bond donors (Lipinski definition) is 5. The number of hydrogen-bond acceptors (Lipinski definition) is 9. The van der Waals surface area contributed by atoms with Crippen LogP contribution in [-0.2, 0) is 27.8 Å². The van der Waals surface area contributed by atoms with Crippen LogP contribution in [0.5, 0.6) is 0 Å². The van der Waals surface area contributed by atoms with Crippen molar-refractivity contribution >= 4 is 55.0 Å². The molecule has 0 bridgehead atoms. The minimum atomic E-state index is -3.91. The van der Waals surface area contributed by atoms with Crippen LogP contribution in [0.3, 0.4) is 0 Å². The molecule has 0 saturated heterocycles. The van der Waals surface area contributed by atoms with Crippen molar-refractivity contribution in [2.75, 3.05) is 22.8 Å². The second-order valence-corrected chi connectivity index (χ2v) is 16.7. The predicted molar refractivity (Wildman–Crippen MR) is 226 cm³/mol. The predicted octanol–water partition coefficient (Wildman–Crippen LogP) is 5.48. The molecular formula is C42H47BrN8O5S. The van der Waals surface area contributed by atoms with Crippen LogP contribution < -0.4 is 31.3 Å². The summed E-state index contributed by atoms with van der Waals surface area (Å²) in [6, 6.07) is 26.0. The first-order valence-electron chi connectivity index (χ1n) is 18.3. The topological polar surface area (TPSA) is 189 Å². The highest BCUT2D eigenvalue weighted by Crippen LogP contribution is 2.26. The van der Waals surface area contributed by atoms with Crippen molar-refractivity contribution in [1.29, 1.82) is 0 Å². The molecule has 0 aliphatic rings. The Morgan fingerprint density at radius 2 is 1.46 bits per heavy atom. The Labute approximate surface area is 342 Å². The third-order valence-corrected chi connectivity index (χ3v) is 10.9. The van der Waals surface area contributed by atoms with Crippen LogP contribution in [0.4, 0.5) is 11.4 Å². The molecule has 0 aliphatic carbocycles. The normalized spacial score (nSPS) is 13.4. The van der Waals surface area contributed by atoms with Crippen LogP contribution in [0.2, 0.25) is 0 Å². The van der Waals surface area contributed by atoms with E-state index in [9.17, 15) is 22.8 Å². The molecule has 4 atom stereocenters. The number of aromatic nitrogens is 2. The molecule has 57 heavy (non-hydrogen) atoms. The van der Waals surface area contributed by atoms with Gasteiger partial charge in [0.15, 0.2) is 0 Å². The molecule has 0 radical (unpaired) electrons. The van der Waals surface area contributed by atoms with Gasteiger partial charge in [-0.3, -0.25) is 28.7 Å². The first-order valence-corrected chi connectivity index (χ1v) is 21.0. The van der Waals surface area contributed by atoms with Gasteiger partial charge in [-0.15, -0.1) is 0 Å². The molecular weight excluding hydrogens is 808 g/mol. The van der Waals surface area contributed by atoms with Crippen molar-refractivity contribution < 1.29 is 22.8 Å². The SMILES string of the molecule is CC(NC(=O)c1cc(C(=O)N[C@H](CN[C@@H](C)C(=O)N[C@H](C)c2ccc(N)cc2)Cc2ccccn2)cc(N(Cc2ccc(Br)cc2)S(C)(=O)=O)c1)c1cccnc1. The molecule has 1 unspecified atom stereocenters. The lowest BCUT2D eigenvalue weighted by atomic mass is 10.0. The Kier molecular flexibility index (Phi) is 14.5. The van der Waals surface area contributed by atoms with Gasteiger partial charge in [-0.2, -0.15) is 0 Å². The Hall–Kier alpha value is -5.64. The number of nitrogens with zero attached hydrogens (tertiary/aromatic N) is 3. The standard InChI is InChI=1S/C42H47BrN8O5S/c1-27(31-12-16-36(44)17-13-31)48-40(52)29(3)47-25-38(23-37-9-5-6-19-46-37)50-42(54)34-20-33(41(53)49-28(2)32-8-7-18-45-24-32)21-39(22-34)51(57(4,55)56)26-30-10-14-35(43)15-11-30/h5-22,24,27-29,38,47H,23,25-26,44H2,1-4H3,(H,48,52)(H,49,53)(H,50,54)/t27-,28?,29+,38+/m1/s1. The molecule has 3 amide bonds. The molecule has 2 aromatic heterocycles. The maximum absolute atomic E-state index is 14.2. The molecule has 5 rings (SSSR count). The van der Waals surface area contributed by atoms with Gasteiger partial charge < -0.3 is 27.0 Å². The van der Waals surface area contributed by atoms with Crippen molar-refractivity contribution in [2.45, 2.75) is 57.9 Å². The van der Waals surface area contributed by atoms with E-state index in [1.165, 1.54) is 18.2 Å². The minimum absolute atomic E-state index is 0.0482. The zero-order chi connectivity index (χ0) is 41.1. The number of nitrogen functional groups attached to an aromatic ring is 1. The van der Waals surface area contributed by atoms with E-state index in [1.807, 2.05) is 37.3 Å². The van der Waals surface area contributed by atoms with Crippen molar-refractivity contribution in [1.82, 2.24) is 31.2 Å². The Morgan fingerprint density at radius 3 is 2.07 bits per heavy atom. The zero-order valence-electron chi connectivity index (χ0n) is 32.1. The van der Waals surface area contributed by atoms with Gasteiger partial charge in [0.1, 0.15) is 0 Å². The summed E-state index contributed by atoms with van der Waals surface area (Å²) in [5, 5.41) is 12.2. The van der Waals surface area contributed by atoms with Gasteiger partial charge in [-0.1, -0.05) is 52.3 Å². The number of nitrogens with two attached hydrogens (primary N) is 1. The van der Waals surface area contributed by atoms with Gasteiger partial charge in [-0.25, -0.2) is 8.42 Å². The lowest BCUT2D eigenvalue weighted by molar-refractivity contribution is -0.123. The highest BCUT2D eigenvalue weighted by Gasteiger charge is 2.25. The average molecular weight is 856 g/mol. The van der Waals surface area contributed by atoms with E-state index in [0.29, 0.717) is 23.4 Å². The van der Waals surface area contributed by atoms with E-state index in [-0.39, 0.29) is 41.9 Å². The summed E-state index contributed by atoms with van der Waals surface area (Å²) in [7, 11) is -3.91. The summed E-state index contributed by atoms with van der Waals surface area (Å²) in [6.45, 7) is 5.55. The van der Waals surface area contributed by atoms with Gasteiger partial charge in [0, 0.05) is 64.6 Å². The maximum atomic E-state index is 14.2. The van der Waals surface area contributed by atoms with E-state index in [2.05, 4.69) is 47.2 Å². The van der Waals surface area contributed by atoms with E-state index in [0.717, 1.165) is 26.2 Å². The molecule has 5 aromatic rings. The smallest absolute Gasteiger partial charge is 0.251 e. The van der Waals surface area contributed by atoms with Gasteiger partial charge in [0.2, 0.25) is 15.9 Å². The van der Waals surface area contributed by atoms with Crippen LogP contribution in [0.25, 0.3) is 0 Å². The highest BCUT2D eigenvalue weighted by atomic mass is 79.9. The second kappa shape index (κ2) is 19.5. The summed E-state index contributed by atoms with van der Waals surface area (Å²) < 4.78 is 28.6. The number of halogens is 1. The van der Waals surface area contributed by atoms with Gasteiger partial charge in [0.05, 0.1) is 36.6 Å². The number of carbonyl (C=O) groups excluding carboxylic acids is 3. The fraction of sp³-hybridized carbons (Fsp3) is 0.262. The third-order valence-electron chi connectivity index (χ3n) is 9.28. The number of carbonyl (C=O) groups is 3. The van der Waals surface area contributed by atoms with Crippen LogP contribution >= 0.6 is 15.9 Å². The Morgan fingerprint density at radius 1 is 0.789 bits per heavy atom. The molecule has 298 valence electrons. The molecule has 0 saturated carbocycles. The van der Waals surface area contributed by atoms with Crippen molar-refractivity contribution in [3.8, 4) is 0 Å². The number of sulfonamides is 1. The third kappa shape index (κ3) is 12.4. The van der Waals surface area contributed by atoms with Crippen molar-refractivity contribution in [3.05, 3.63) is 154 Å². The number of benzene rings is 3. The first kappa shape index (κ1) is 42.5. The van der Waals surface area contributed by atoms with E-state index in [1.54, 1.807) is 81.0 Å². The molecule has 6 N–H and O–H groups in total. The molecule has 0 aliphatic heterocycles. The zero-order valence-corrected chi connectivity index (χ0v) is 34.5. The summed E-state index contributed by atoms with van der Waals surface area (Å²) in [4.78, 5) is 49.8. The number of nitrogens with one attached hydrogen (secondary N) is 4. The average Bonchev–Trinajstić information content (AvgIpc) is 3.19. The van der Waals surface area contributed by atoms with Crippen LogP contribution in [0.15, 0.2) is 120 Å². The lowest BCUT2D eigenvalue weighted by Gasteiger charge is -2.25. The number of rotatable bonds is 17. The van der Waals surface area contributed by atoms with E-state index < -0.39 is 40.0 Å². The largest absolute Gasteiger partial charge is 0.399 e. The van der Waals surface area contributed by atoms with Crippen molar-refractivity contribution in [3.63, 3.8) is 0 Å². The van der Waals surface area contributed by atoms with E-state index in [4.69, 9.17) is 5.73 Å². The van der Waals surface area contributed by atoms with Gasteiger partial charge in [-0.05, 0) is 98.1 Å². The maximum Gasteiger partial charge on any atom is 0.251 e. The molecule has 13 nitrogen and oxygen atoms in total. The van der Waals surface area contributed by atoms with E-state index >= 15 is 0 Å². The van der Waals surface area contributed by atoms with Gasteiger partial charge in [0.25, 0.3) is 11.8 Å². The summed E-state index contributed by atoms with van der Waals surface area (Å²) in [6.07, 6.45) is 6.32. The highest BCUT2D eigenvalue weighted by molar-refractivity contribution is 9.10. The molecule has 3 aromatic carbocycles. The van der Waals surface area contributed by atoms with Crippen LogP contribution in [0, 0.1) is 0 Å². The monoisotopic (exact) mass is 854 g/mol. The summed E-state index contributed by atoms with van der Waals surface area (Å²) in [5.74, 6) is -1.31. The first-order chi connectivity index (χ1) is 27.2. The fourth-order valence-electron chi connectivity index (χ4n) is 6.00. The number of pyridine rings is 2. The summed E-state index contributed by atoms with van der Waals surface area (Å²) >= 11 is 3.41. The molecule has 0 fully saturated rings. The second-order valence-electron chi connectivity index (χ2n) is 13.9. The minimum Gasteiger partial charge on any atom is -0.399 e. The molecule has 15 heteroatoms. The quantitative estimate of drug-likeness (QED) is 0.0756. The summed E-state index contributed by atoms with van der Waals surface area (Å²) in [5.41, 5.74) is 9.78. The van der Waals surface area contributed by atoms with Gasteiger partial charge >= 0.3 is 0 Å². The number of anilines is 2.